The lowest BCUT2D eigenvalue weighted by atomic mass is 10.2. The summed E-state index contributed by atoms with van der Waals surface area (Å²) in [5, 5.41) is 6.04. The highest BCUT2D eigenvalue weighted by atomic mass is 19.1. The van der Waals surface area contributed by atoms with Crippen LogP contribution in [-0.4, -0.2) is 18.5 Å². The number of hydrogen-bond acceptors (Lipinski definition) is 3. The number of anilines is 1. The van der Waals surface area contributed by atoms with E-state index < -0.39 is 0 Å². The fourth-order valence-electron chi connectivity index (χ4n) is 2.55. The van der Waals surface area contributed by atoms with E-state index in [1.165, 1.54) is 6.07 Å². The molecule has 2 N–H and O–H groups in total. The predicted octanol–water partition coefficient (Wildman–Crippen LogP) is 3.10. The first kappa shape index (κ1) is 15.5. The molecule has 0 radical (unpaired) electrons. The molecule has 1 fully saturated rings. The van der Waals surface area contributed by atoms with Crippen LogP contribution < -0.4 is 15.4 Å². The van der Waals surface area contributed by atoms with Crippen LogP contribution in [0.3, 0.4) is 0 Å². The molecule has 0 saturated carbocycles. The van der Waals surface area contributed by atoms with E-state index in [0.717, 1.165) is 25.1 Å². The summed E-state index contributed by atoms with van der Waals surface area (Å²) < 4.78 is 19.1. The molecule has 1 aliphatic heterocycles. The summed E-state index contributed by atoms with van der Waals surface area (Å²) in [5.74, 6) is 0.341. The molecule has 4 nitrogen and oxygen atoms in total. The van der Waals surface area contributed by atoms with Crippen molar-refractivity contribution >= 4 is 11.6 Å². The molecule has 120 valence electrons. The van der Waals surface area contributed by atoms with Crippen LogP contribution in [0.2, 0.25) is 0 Å². The third-order valence-electron chi connectivity index (χ3n) is 3.85. The largest absolute Gasteiger partial charge is 0.489 e. The maximum absolute atomic E-state index is 13.5. The van der Waals surface area contributed by atoms with Crippen molar-refractivity contribution in [3.05, 3.63) is 59.9 Å². The Labute approximate surface area is 134 Å². The Morgan fingerprint density at radius 2 is 2.00 bits per heavy atom. The van der Waals surface area contributed by atoms with Gasteiger partial charge in [-0.15, -0.1) is 0 Å². The Morgan fingerprint density at radius 1 is 1.22 bits per heavy atom. The van der Waals surface area contributed by atoms with E-state index in [0.29, 0.717) is 11.3 Å². The van der Waals surface area contributed by atoms with Crippen LogP contribution in [0.4, 0.5) is 10.1 Å². The van der Waals surface area contributed by atoms with E-state index in [-0.39, 0.29) is 24.4 Å². The van der Waals surface area contributed by atoms with Gasteiger partial charge >= 0.3 is 0 Å². The number of amides is 1. The van der Waals surface area contributed by atoms with Gasteiger partial charge in [0.25, 0.3) is 0 Å². The van der Waals surface area contributed by atoms with Gasteiger partial charge in [0, 0.05) is 11.3 Å². The summed E-state index contributed by atoms with van der Waals surface area (Å²) in [7, 11) is 0. The summed E-state index contributed by atoms with van der Waals surface area (Å²) >= 11 is 0. The number of carbonyl (C=O) groups is 1. The third kappa shape index (κ3) is 4.07. The Hall–Kier alpha value is -2.40. The minimum atomic E-state index is -0.277. The number of rotatable bonds is 5. The molecule has 0 aliphatic carbocycles. The van der Waals surface area contributed by atoms with E-state index in [9.17, 15) is 9.18 Å². The minimum Gasteiger partial charge on any atom is -0.489 e. The molecule has 0 aromatic heterocycles. The number of nitrogens with one attached hydrogen (secondary N) is 2. The number of halogens is 1. The van der Waals surface area contributed by atoms with E-state index in [2.05, 4.69) is 10.6 Å². The van der Waals surface area contributed by atoms with Crippen molar-refractivity contribution in [2.45, 2.75) is 25.5 Å². The number of hydrogen-bond donors (Lipinski definition) is 2. The van der Waals surface area contributed by atoms with Gasteiger partial charge in [-0.25, -0.2) is 4.39 Å². The molecule has 0 spiro atoms. The van der Waals surface area contributed by atoms with Crippen LogP contribution >= 0.6 is 0 Å². The molecule has 2 aromatic carbocycles. The van der Waals surface area contributed by atoms with Gasteiger partial charge in [-0.2, -0.15) is 0 Å². The zero-order chi connectivity index (χ0) is 16.1. The zero-order valence-corrected chi connectivity index (χ0v) is 12.7. The van der Waals surface area contributed by atoms with Crippen molar-refractivity contribution in [1.82, 2.24) is 5.32 Å². The average Bonchev–Trinajstić information content (AvgIpc) is 3.10. The first-order chi connectivity index (χ1) is 11.2. The maximum atomic E-state index is 13.5. The molecule has 0 bridgehead atoms. The average molecular weight is 314 g/mol. The minimum absolute atomic E-state index is 0.0116. The standard InChI is InChI=1S/C18H19FN2O2/c19-16-5-2-1-4-13(16)12-23-15-9-7-14(8-10-15)21-18(22)17-6-3-11-20-17/h1-2,4-5,7-10,17,20H,3,6,11-12H2,(H,21,22). The summed E-state index contributed by atoms with van der Waals surface area (Å²) in [4.78, 5) is 12.0. The van der Waals surface area contributed by atoms with Crippen molar-refractivity contribution in [2.24, 2.45) is 0 Å². The normalized spacial score (nSPS) is 17.0. The molecule has 1 unspecified atom stereocenters. The molecule has 2 aromatic rings. The lowest BCUT2D eigenvalue weighted by Crippen LogP contribution is -2.35. The van der Waals surface area contributed by atoms with Crippen molar-refractivity contribution in [1.29, 1.82) is 0 Å². The first-order valence-electron chi connectivity index (χ1n) is 7.73. The molecule has 3 rings (SSSR count). The quantitative estimate of drug-likeness (QED) is 0.891. The van der Waals surface area contributed by atoms with Gasteiger partial charge in [0.1, 0.15) is 18.2 Å². The summed E-state index contributed by atoms with van der Waals surface area (Å²) in [6, 6.07) is 13.5. The Bertz CT molecular complexity index is 667. The maximum Gasteiger partial charge on any atom is 0.241 e. The Morgan fingerprint density at radius 3 is 2.70 bits per heavy atom. The number of carbonyl (C=O) groups excluding carboxylic acids is 1. The lowest BCUT2D eigenvalue weighted by Gasteiger charge is -2.12. The van der Waals surface area contributed by atoms with E-state index in [4.69, 9.17) is 4.74 Å². The van der Waals surface area contributed by atoms with Gasteiger partial charge in [0.15, 0.2) is 0 Å². The van der Waals surface area contributed by atoms with Crippen LogP contribution in [0, 0.1) is 5.82 Å². The third-order valence-corrected chi connectivity index (χ3v) is 3.85. The molecule has 23 heavy (non-hydrogen) atoms. The van der Waals surface area contributed by atoms with Crippen molar-refractivity contribution in [3.63, 3.8) is 0 Å². The van der Waals surface area contributed by atoms with Crippen molar-refractivity contribution < 1.29 is 13.9 Å². The second kappa shape index (κ2) is 7.24. The smallest absolute Gasteiger partial charge is 0.241 e. The lowest BCUT2D eigenvalue weighted by molar-refractivity contribution is -0.117. The molecule has 1 saturated heterocycles. The van der Waals surface area contributed by atoms with E-state index in [1.807, 2.05) is 0 Å². The predicted molar refractivity (Wildman–Crippen MR) is 86.8 cm³/mol. The van der Waals surface area contributed by atoms with Crippen molar-refractivity contribution in [3.8, 4) is 5.75 Å². The molecular weight excluding hydrogens is 295 g/mol. The van der Waals surface area contributed by atoms with Crippen LogP contribution in [0.15, 0.2) is 48.5 Å². The van der Waals surface area contributed by atoms with Crippen LogP contribution in [0.1, 0.15) is 18.4 Å². The summed E-state index contributed by atoms with van der Waals surface area (Å²) in [6.07, 6.45) is 1.90. The van der Waals surface area contributed by atoms with Gasteiger partial charge in [-0.05, 0) is 49.7 Å². The fraction of sp³-hybridized carbons (Fsp3) is 0.278. The van der Waals surface area contributed by atoms with Gasteiger partial charge in [-0.1, -0.05) is 18.2 Å². The van der Waals surface area contributed by atoms with Crippen LogP contribution in [-0.2, 0) is 11.4 Å². The van der Waals surface area contributed by atoms with Gasteiger partial charge < -0.3 is 15.4 Å². The molecule has 1 heterocycles. The first-order valence-corrected chi connectivity index (χ1v) is 7.73. The SMILES string of the molecule is O=C(Nc1ccc(OCc2ccccc2F)cc1)C1CCCN1. The topological polar surface area (TPSA) is 50.4 Å². The molecule has 5 heteroatoms. The van der Waals surface area contributed by atoms with Crippen molar-refractivity contribution in [2.75, 3.05) is 11.9 Å². The second-order valence-corrected chi connectivity index (χ2v) is 5.54. The molecule has 1 amide bonds. The summed E-state index contributed by atoms with van der Waals surface area (Å²) in [5.41, 5.74) is 1.24. The monoisotopic (exact) mass is 314 g/mol. The Kier molecular flexibility index (Phi) is 4.88. The Balaban J connectivity index is 1.54. The van der Waals surface area contributed by atoms with Gasteiger partial charge in [0.05, 0.1) is 6.04 Å². The summed E-state index contributed by atoms with van der Waals surface area (Å²) in [6.45, 7) is 1.06. The highest BCUT2D eigenvalue weighted by Gasteiger charge is 2.21. The van der Waals surface area contributed by atoms with E-state index >= 15 is 0 Å². The number of benzene rings is 2. The van der Waals surface area contributed by atoms with Crippen LogP contribution in [0.25, 0.3) is 0 Å². The molecule has 1 aliphatic rings. The van der Waals surface area contributed by atoms with E-state index in [1.54, 1.807) is 42.5 Å². The van der Waals surface area contributed by atoms with Gasteiger partial charge in [0.2, 0.25) is 5.91 Å². The van der Waals surface area contributed by atoms with Gasteiger partial charge in [-0.3, -0.25) is 4.79 Å². The highest BCUT2D eigenvalue weighted by Crippen LogP contribution is 2.18. The second-order valence-electron chi connectivity index (χ2n) is 5.54. The highest BCUT2D eigenvalue weighted by molar-refractivity contribution is 5.95. The number of ether oxygens (including phenoxy) is 1. The molecular formula is C18H19FN2O2. The fourth-order valence-corrected chi connectivity index (χ4v) is 2.55. The van der Waals surface area contributed by atoms with Crippen LogP contribution in [0.5, 0.6) is 5.75 Å². The zero-order valence-electron chi connectivity index (χ0n) is 12.7. The molecule has 1 atom stereocenters.